The van der Waals surface area contributed by atoms with Gasteiger partial charge >= 0.3 is 0 Å². The first-order valence-corrected chi connectivity index (χ1v) is 8.71. The van der Waals surface area contributed by atoms with Gasteiger partial charge in [-0.1, -0.05) is 0 Å². The number of carbonyl (C=O) groups is 1. The summed E-state index contributed by atoms with van der Waals surface area (Å²) in [5.74, 6) is -2.39. The molecule has 1 amide bonds. The molecule has 1 unspecified atom stereocenters. The van der Waals surface area contributed by atoms with Crippen molar-refractivity contribution in [3.8, 4) is 0 Å². The Bertz CT molecular complexity index is 1010. The minimum Gasteiger partial charge on any atom is -0.365 e. The molecule has 152 valence electrons. The van der Waals surface area contributed by atoms with Crippen LogP contribution in [0.5, 0.6) is 0 Å². The van der Waals surface area contributed by atoms with Gasteiger partial charge in [-0.3, -0.25) is 14.5 Å². The second kappa shape index (κ2) is 8.61. The minimum atomic E-state index is -0.891. The van der Waals surface area contributed by atoms with Gasteiger partial charge in [0.1, 0.15) is 11.6 Å². The predicted octanol–water partition coefficient (Wildman–Crippen LogP) is 1.54. The van der Waals surface area contributed by atoms with Gasteiger partial charge in [0.2, 0.25) is 0 Å². The zero-order chi connectivity index (χ0) is 21.0. The van der Waals surface area contributed by atoms with E-state index in [0.717, 1.165) is 6.07 Å². The van der Waals surface area contributed by atoms with Gasteiger partial charge in [-0.25, -0.2) is 13.8 Å². The summed E-state index contributed by atoms with van der Waals surface area (Å²) in [4.78, 5) is 19.7. The molecular weight excluding hydrogens is 382 g/mol. The highest BCUT2D eigenvalue weighted by atomic mass is 19.1. The number of aromatic nitrogens is 4. The van der Waals surface area contributed by atoms with Gasteiger partial charge in [-0.2, -0.15) is 5.10 Å². The van der Waals surface area contributed by atoms with Crippen LogP contribution < -0.4 is 22.1 Å². The van der Waals surface area contributed by atoms with Gasteiger partial charge in [0.05, 0.1) is 35.7 Å². The Balaban J connectivity index is 1.90. The molecule has 0 spiro atoms. The molecule has 9 nitrogen and oxygen atoms in total. The number of nitrogens with zero attached hydrogens (tertiary/aromatic N) is 4. The van der Waals surface area contributed by atoms with E-state index < -0.39 is 17.5 Å². The van der Waals surface area contributed by atoms with Crippen LogP contribution in [0, 0.1) is 18.6 Å². The lowest BCUT2D eigenvalue weighted by molar-refractivity contribution is 0.100. The number of hydrogen-bond donors (Lipinski definition) is 4. The van der Waals surface area contributed by atoms with Crippen LogP contribution in [0.1, 0.15) is 16.1 Å². The predicted molar refractivity (Wildman–Crippen MR) is 104 cm³/mol. The highest BCUT2D eigenvalue weighted by Crippen LogP contribution is 2.24. The summed E-state index contributed by atoms with van der Waals surface area (Å²) in [6.07, 6.45) is 4.72. The normalized spacial score (nSPS) is 11.9. The molecule has 3 heterocycles. The van der Waals surface area contributed by atoms with Gasteiger partial charge < -0.3 is 22.1 Å². The number of rotatable bonds is 8. The molecule has 0 aliphatic heterocycles. The Morgan fingerprint density at radius 1 is 1.28 bits per heavy atom. The number of hydrogen-bond acceptors (Lipinski definition) is 7. The number of amides is 1. The molecule has 0 fully saturated rings. The first-order chi connectivity index (χ1) is 13.9. The van der Waals surface area contributed by atoms with Gasteiger partial charge in [0, 0.05) is 25.0 Å². The lowest BCUT2D eigenvalue weighted by atomic mass is 10.2. The molecule has 3 aromatic rings. The standard InChI is InChI=1S/C18H20F2N8O/c1-10-14(19)5-11(8-23-10)25-17-13(16(22)29)6-15(20)18(27-17)26-12(7-21)9-28-4-2-3-24-28/h2-6,8,12H,7,9,21H2,1H3,(H2,22,29)(H2,25,26,27). The average molecular weight is 402 g/mol. The van der Waals surface area contributed by atoms with Crippen LogP contribution in [0.25, 0.3) is 0 Å². The van der Waals surface area contributed by atoms with Crippen molar-refractivity contribution in [3.63, 3.8) is 0 Å². The van der Waals surface area contributed by atoms with Gasteiger partial charge in [-0.15, -0.1) is 0 Å². The first-order valence-electron chi connectivity index (χ1n) is 8.71. The Morgan fingerprint density at radius 2 is 2.07 bits per heavy atom. The van der Waals surface area contributed by atoms with Crippen molar-refractivity contribution in [2.75, 3.05) is 17.2 Å². The summed E-state index contributed by atoms with van der Waals surface area (Å²) < 4.78 is 29.9. The highest BCUT2D eigenvalue weighted by molar-refractivity contribution is 5.98. The SMILES string of the molecule is Cc1ncc(Nc2nc(NC(CN)Cn3cccn3)c(F)cc2C(N)=O)cc1F. The van der Waals surface area contributed by atoms with Crippen molar-refractivity contribution in [3.05, 3.63) is 59.7 Å². The van der Waals surface area contributed by atoms with Crippen molar-refractivity contribution in [2.45, 2.75) is 19.5 Å². The molecular formula is C18H20F2N8O. The van der Waals surface area contributed by atoms with Crippen molar-refractivity contribution >= 4 is 23.2 Å². The van der Waals surface area contributed by atoms with E-state index in [1.54, 1.807) is 23.1 Å². The lowest BCUT2D eigenvalue weighted by Gasteiger charge is -2.19. The number of primary amides is 1. The number of pyridine rings is 2. The molecule has 0 saturated heterocycles. The summed E-state index contributed by atoms with van der Waals surface area (Å²) >= 11 is 0. The molecule has 0 aliphatic carbocycles. The van der Waals surface area contributed by atoms with Crippen molar-refractivity contribution in [1.82, 2.24) is 19.7 Å². The Hall–Kier alpha value is -3.60. The number of aryl methyl sites for hydroxylation is 1. The van der Waals surface area contributed by atoms with E-state index in [0.29, 0.717) is 6.54 Å². The maximum Gasteiger partial charge on any atom is 0.252 e. The Morgan fingerprint density at radius 3 is 2.69 bits per heavy atom. The number of nitrogens with two attached hydrogens (primary N) is 2. The molecule has 0 aliphatic rings. The fraction of sp³-hybridized carbons (Fsp3) is 0.222. The monoisotopic (exact) mass is 402 g/mol. The maximum atomic E-state index is 14.5. The zero-order valence-electron chi connectivity index (χ0n) is 15.6. The lowest BCUT2D eigenvalue weighted by Crippen LogP contribution is -2.34. The van der Waals surface area contributed by atoms with Crippen LogP contribution in [-0.2, 0) is 6.54 Å². The van der Waals surface area contributed by atoms with E-state index in [1.165, 1.54) is 19.2 Å². The van der Waals surface area contributed by atoms with Crippen LogP contribution in [-0.4, -0.2) is 38.2 Å². The van der Waals surface area contributed by atoms with E-state index in [-0.39, 0.29) is 41.2 Å². The number of nitrogens with one attached hydrogen (secondary N) is 2. The van der Waals surface area contributed by atoms with Crippen LogP contribution >= 0.6 is 0 Å². The second-order valence-corrected chi connectivity index (χ2v) is 6.30. The minimum absolute atomic E-state index is 0.0405. The van der Waals surface area contributed by atoms with Gasteiger partial charge in [-0.05, 0) is 19.1 Å². The van der Waals surface area contributed by atoms with Gasteiger partial charge in [0.25, 0.3) is 5.91 Å². The van der Waals surface area contributed by atoms with E-state index in [9.17, 15) is 13.6 Å². The highest BCUT2D eigenvalue weighted by Gasteiger charge is 2.19. The first kappa shape index (κ1) is 20.1. The topological polar surface area (TPSA) is 137 Å². The van der Waals surface area contributed by atoms with Crippen LogP contribution in [0.2, 0.25) is 0 Å². The van der Waals surface area contributed by atoms with E-state index in [2.05, 4.69) is 25.7 Å². The van der Waals surface area contributed by atoms with Crippen molar-refractivity contribution in [2.24, 2.45) is 11.5 Å². The molecule has 0 radical (unpaired) electrons. The van der Waals surface area contributed by atoms with Crippen LogP contribution in [0.3, 0.4) is 0 Å². The van der Waals surface area contributed by atoms with E-state index in [1.807, 2.05) is 0 Å². The summed E-state index contributed by atoms with van der Waals surface area (Å²) in [6.45, 7) is 2.06. The molecule has 6 N–H and O–H groups in total. The largest absolute Gasteiger partial charge is 0.365 e. The second-order valence-electron chi connectivity index (χ2n) is 6.30. The molecule has 1 atom stereocenters. The summed E-state index contributed by atoms with van der Waals surface area (Å²) in [7, 11) is 0. The fourth-order valence-corrected chi connectivity index (χ4v) is 2.59. The number of carbonyl (C=O) groups excluding carboxylic acids is 1. The molecule has 11 heteroatoms. The molecule has 0 aromatic carbocycles. The third-order valence-electron chi connectivity index (χ3n) is 4.12. The van der Waals surface area contributed by atoms with E-state index in [4.69, 9.17) is 11.5 Å². The third-order valence-corrected chi connectivity index (χ3v) is 4.12. The summed E-state index contributed by atoms with van der Waals surface area (Å²) in [6, 6.07) is 3.51. The maximum absolute atomic E-state index is 14.5. The average Bonchev–Trinajstić information content (AvgIpc) is 3.19. The Kier molecular flexibility index (Phi) is 5.98. The quantitative estimate of drug-likeness (QED) is 0.448. The molecule has 29 heavy (non-hydrogen) atoms. The number of halogens is 2. The van der Waals surface area contributed by atoms with Gasteiger partial charge in [0.15, 0.2) is 11.6 Å². The van der Waals surface area contributed by atoms with Crippen molar-refractivity contribution in [1.29, 1.82) is 0 Å². The van der Waals surface area contributed by atoms with Crippen LogP contribution in [0.15, 0.2) is 36.8 Å². The Labute approximate surface area is 165 Å². The number of anilines is 3. The molecule has 3 rings (SSSR count). The summed E-state index contributed by atoms with van der Waals surface area (Å²) in [5.41, 5.74) is 11.3. The van der Waals surface area contributed by atoms with E-state index >= 15 is 0 Å². The molecule has 0 bridgehead atoms. The van der Waals surface area contributed by atoms with Crippen LogP contribution in [0.4, 0.5) is 26.1 Å². The fourth-order valence-electron chi connectivity index (χ4n) is 2.59. The van der Waals surface area contributed by atoms with Crippen molar-refractivity contribution < 1.29 is 13.6 Å². The molecule has 3 aromatic heterocycles. The summed E-state index contributed by atoms with van der Waals surface area (Å²) in [5, 5.41) is 9.74. The third kappa shape index (κ3) is 4.82. The smallest absolute Gasteiger partial charge is 0.252 e. The zero-order valence-corrected chi connectivity index (χ0v) is 15.6. The molecule has 0 saturated carbocycles.